The van der Waals surface area contributed by atoms with Gasteiger partial charge < -0.3 is 0 Å². The maximum absolute atomic E-state index is 11.3. The molecule has 0 saturated carbocycles. The molecule has 0 unspecified atom stereocenters. The number of urea groups is 1. The molecule has 0 saturated heterocycles. The van der Waals surface area contributed by atoms with Gasteiger partial charge in [0.05, 0.1) is 5.75 Å². The summed E-state index contributed by atoms with van der Waals surface area (Å²) in [5.41, 5.74) is 2.27. The number of carbonyl (C=O) groups excluding carboxylic acids is 1. The molecule has 0 spiro atoms. The molecule has 4 N–H and O–H groups in total. The first-order chi connectivity index (χ1) is 7.03. The Morgan fingerprint density at radius 2 is 1.87 bits per heavy atom. The molecule has 0 atom stereocenters. The van der Waals surface area contributed by atoms with Gasteiger partial charge in [-0.1, -0.05) is 30.3 Å². The fourth-order valence-corrected chi connectivity index (χ4v) is 2.05. The highest BCUT2D eigenvalue weighted by Gasteiger charge is 2.13. The summed E-state index contributed by atoms with van der Waals surface area (Å²) >= 11 is 0. The van der Waals surface area contributed by atoms with Crippen molar-refractivity contribution in [2.24, 2.45) is 5.84 Å². The molecule has 7 heteroatoms. The van der Waals surface area contributed by atoms with Crippen LogP contribution in [-0.4, -0.2) is 14.4 Å². The van der Waals surface area contributed by atoms with Gasteiger partial charge in [0.25, 0.3) is 0 Å². The van der Waals surface area contributed by atoms with E-state index in [2.05, 4.69) is 0 Å². The van der Waals surface area contributed by atoms with Crippen molar-refractivity contribution in [3.05, 3.63) is 35.9 Å². The van der Waals surface area contributed by atoms with Gasteiger partial charge in [-0.3, -0.25) is 5.43 Å². The number of nitrogens with one attached hydrogen (secondary N) is 2. The van der Waals surface area contributed by atoms with E-state index in [1.54, 1.807) is 40.5 Å². The third kappa shape index (κ3) is 3.96. The predicted molar refractivity (Wildman–Crippen MR) is 54.9 cm³/mol. The van der Waals surface area contributed by atoms with Gasteiger partial charge in [-0.2, -0.15) is 0 Å². The van der Waals surface area contributed by atoms with Gasteiger partial charge in [0.2, 0.25) is 10.0 Å². The molecule has 1 rings (SSSR count). The van der Waals surface area contributed by atoms with Gasteiger partial charge in [0.15, 0.2) is 0 Å². The second-order valence-corrected chi connectivity index (χ2v) is 4.54. The Bertz CT molecular complexity index is 430. The van der Waals surface area contributed by atoms with Crippen LogP contribution in [0.15, 0.2) is 30.3 Å². The normalized spacial score (nSPS) is 10.7. The number of carbonyl (C=O) groups is 1. The van der Waals surface area contributed by atoms with Crippen LogP contribution < -0.4 is 16.0 Å². The van der Waals surface area contributed by atoms with Crippen LogP contribution in [0.5, 0.6) is 0 Å². The fourth-order valence-electron chi connectivity index (χ4n) is 1.00. The Hall–Kier alpha value is -1.60. The molecule has 15 heavy (non-hydrogen) atoms. The molecule has 6 nitrogen and oxygen atoms in total. The minimum absolute atomic E-state index is 0.263. The summed E-state index contributed by atoms with van der Waals surface area (Å²) in [6, 6.07) is 7.56. The second kappa shape index (κ2) is 4.76. The number of hydrogen-bond acceptors (Lipinski definition) is 4. The summed E-state index contributed by atoms with van der Waals surface area (Å²) in [5, 5.41) is 0. The minimum Gasteiger partial charge on any atom is -0.275 e. The van der Waals surface area contributed by atoms with Crippen LogP contribution in [0.4, 0.5) is 4.79 Å². The molecule has 0 heterocycles. The Labute approximate surface area is 87.5 Å². The van der Waals surface area contributed by atoms with E-state index < -0.39 is 16.1 Å². The van der Waals surface area contributed by atoms with Crippen molar-refractivity contribution in [1.29, 1.82) is 0 Å². The van der Waals surface area contributed by atoms with E-state index in [4.69, 9.17) is 5.84 Å². The molecule has 0 radical (unpaired) electrons. The fraction of sp³-hybridized carbons (Fsp3) is 0.125. The van der Waals surface area contributed by atoms with Crippen LogP contribution in [0.1, 0.15) is 5.56 Å². The number of nitrogens with two attached hydrogens (primary N) is 1. The molecule has 0 bridgehead atoms. The molecule has 82 valence electrons. The predicted octanol–water partition coefficient (Wildman–Crippen LogP) is -0.311. The summed E-state index contributed by atoms with van der Waals surface area (Å²) in [5.74, 6) is 4.48. The lowest BCUT2D eigenvalue weighted by Gasteiger charge is -2.05. The van der Waals surface area contributed by atoms with Crippen LogP contribution in [0, 0.1) is 0 Å². The number of amides is 2. The maximum atomic E-state index is 11.3. The molecule has 1 aromatic rings. The van der Waals surface area contributed by atoms with Gasteiger partial charge in [-0.25, -0.2) is 23.8 Å². The molecular formula is C8H11N3O3S. The van der Waals surface area contributed by atoms with E-state index in [9.17, 15) is 13.2 Å². The molecule has 2 amide bonds. The topological polar surface area (TPSA) is 101 Å². The van der Waals surface area contributed by atoms with Gasteiger partial charge in [0, 0.05) is 0 Å². The molecule has 0 fully saturated rings. The van der Waals surface area contributed by atoms with E-state index in [0.29, 0.717) is 5.56 Å². The lowest BCUT2D eigenvalue weighted by Crippen LogP contribution is -2.43. The Morgan fingerprint density at radius 3 is 2.40 bits per heavy atom. The van der Waals surface area contributed by atoms with Crippen molar-refractivity contribution in [3.63, 3.8) is 0 Å². The Balaban J connectivity index is 2.69. The first kappa shape index (κ1) is 11.5. The van der Waals surface area contributed by atoms with Gasteiger partial charge in [-0.05, 0) is 5.56 Å². The summed E-state index contributed by atoms with van der Waals surface area (Å²) < 4.78 is 24.4. The van der Waals surface area contributed by atoms with Crippen molar-refractivity contribution in [1.82, 2.24) is 10.1 Å². The number of sulfonamides is 1. The second-order valence-electron chi connectivity index (χ2n) is 2.82. The van der Waals surface area contributed by atoms with E-state index >= 15 is 0 Å². The first-order valence-electron chi connectivity index (χ1n) is 4.08. The van der Waals surface area contributed by atoms with Crippen molar-refractivity contribution in [2.45, 2.75) is 5.75 Å². The lowest BCUT2D eigenvalue weighted by atomic mass is 10.2. The third-order valence-corrected chi connectivity index (χ3v) is 2.79. The lowest BCUT2D eigenvalue weighted by molar-refractivity contribution is 0.246. The Morgan fingerprint density at radius 1 is 1.27 bits per heavy atom. The molecule has 0 aliphatic carbocycles. The number of rotatable bonds is 3. The minimum atomic E-state index is -3.69. The zero-order chi connectivity index (χ0) is 11.3. The summed E-state index contributed by atoms with van der Waals surface area (Å²) in [4.78, 5) is 10.7. The van der Waals surface area contributed by atoms with E-state index in [0.717, 1.165) is 0 Å². The van der Waals surface area contributed by atoms with Crippen LogP contribution in [0.2, 0.25) is 0 Å². The molecular weight excluding hydrogens is 218 g/mol. The van der Waals surface area contributed by atoms with Gasteiger partial charge in [-0.15, -0.1) is 0 Å². The van der Waals surface area contributed by atoms with Crippen LogP contribution in [-0.2, 0) is 15.8 Å². The first-order valence-corrected chi connectivity index (χ1v) is 5.74. The summed E-state index contributed by atoms with van der Waals surface area (Å²) in [6.45, 7) is 0. The number of hydrogen-bond donors (Lipinski definition) is 3. The van der Waals surface area contributed by atoms with E-state index in [1.807, 2.05) is 0 Å². The highest BCUT2D eigenvalue weighted by atomic mass is 32.2. The summed E-state index contributed by atoms with van der Waals surface area (Å²) in [6.07, 6.45) is 0. The quantitative estimate of drug-likeness (QED) is 0.376. The molecule has 1 aromatic carbocycles. The average Bonchev–Trinajstić information content (AvgIpc) is 2.17. The van der Waals surface area contributed by atoms with E-state index in [1.165, 1.54) is 0 Å². The van der Waals surface area contributed by atoms with Crippen LogP contribution in [0.25, 0.3) is 0 Å². The van der Waals surface area contributed by atoms with Crippen molar-refractivity contribution in [3.8, 4) is 0 Å². The van der Waals surface area contributed by atoms with Gasteiger partial charge >= 0.3 is 6.03 Å². The smallest absolute Gasteiger partial charge is 0.275 e. The molecule has 0 aromatic heterocycles. The SMILES string of the molecule is NNC(=O)NS(=O)(=O)Cc1ccccc1. The van der Waals surface area contributed by atoms with Crippen LogP contribution >= 0.6 is 0 Å². The number of benzene rings is 1. The van der Waals surface area contributed by atoms with Crippen molar-refractivity contribution in [2.75, 3.05) is 0 Å². The highest BCUT2D eigenvalue weighted by Crippen LogP contribution is 2.03. The molecule has 0 aliphatic rings. The van der Waals surface area contributed by atoms with Gasteiger partial charge in [0.1, 0.15) is 0 Å². The maximum Gasteiger partial charge on any atom is 0.342 e. The summed E-state index contributed by atoms with van der Waals surface area (Å²) in [7, 11) is -3.69. The average molecular weight is 229 g/mol. The highest BCUT2D eigenvalue weighted by molar-refractivity contribution is 7.89. The zero-order valence-corrected chi connectivity index (χ0v) is 8.62. The third-order valence-electron chi connectivity index (χ3n) is 1.58. The zero-order valence-electron chi connectivity index (χ0n) is 7.80. The Kier molecular flexibility index (Phi) is 3.64. The van der Waals surface area contributed by atoms with Crippen molar-refractivity contribution >= 4 is 16.1 Å². The van der Waals surface area contributed by atoms with Crippen molar-refractivity contribution < 1.29 is 13.2 Å². The van der Waals surface area contributed by atoms with Crippen LogP contribution in [0.3, 0.4) is 0 Å². The number of hydrazine groups is 1. The molecule has 0 aliphatic heterocycles. The largest absolute Gasteiger partial charge is 0.342 e. The van der Waals surface area contributed by atoms with E-state index in [-0.39, 0.29) is 5.75 Å². The monoisotopic (exact) mass is 229 g/mol. The standard InChI is InChI=1S/C8H11N3O3S/c9-10-8(12)11-15(13,14)6-7-4-2-1-3-5-7/h1-5H,6,9H2,(H2,10,11,12).